The van der Waals surface area contributed by atoms with Gasteiger partial charge in [0, 0.05) is 0 Å². The van der Waals surface area contributed by atoms with Crippen LogP contribution in [0.25, 0.3) is 11.1 Å². The highest BCUT2D eigenvalue weighted by molar-refractivity contribution is 5.90. The molecule has 1 N–H and O–H groups in total. The normalized spacial score (nSPS) is 10.7. The Morgan fingerprint density at radius 3 is 1.85 bits per heavy atom. The van der Waals surface area contributed by atoms with Crippen molar-refractivity contribution in [2.45, 2.75) is 34.6 Å². The van der Waals surface area contributed by atoms with Crippen molar-refractivity contribution in [1.29, 1.82) is 0 Å². The van der Waals surface area contributed by atoms with Gasteiger partial charge >= 0.3 is 5.97 Å². The van der Waals surface area contributed by atoms with E-state index in [4.69, 9.17) is 5.11 Å². The number of carboxylic acids is 1. The fraction of sp³-hybridized carbons (Fsp3) is 0.278. The van der Waals surface area contributed by atoms with Gasteiger partial charge in [0.25, 0.3) is 0 Å². The summed E-state index contributed by atoms with van der Waals surface area (Å²) in [5.74, 6) is -0.886. The van der Waals surface area contributed by atoms with Gasteiger partial charge in [-0.05, 0) is 85.7 Å². The minimum atomic E-state index is -0.886. The lowest BCUT2D eigenvalue weighted by Crippen LogP contribution is -2.01. The van der Waals surface area contributed by atoms with Crippen LogP contribution in [-0.2, 0) is 0 Å². The second kappa shape index (κ2) is 5.12. The van der Waals surface area contributed by atoms with Crippen molar-refractivity contribution in [2.24, 2.45) is 0 Å². The highest BCUT2D eigenvalue weighted by Gasteiger charge is 2.14. The Kier molecular flexibility index (Phi) is 3.67. The molecule has 0 spiro atoms. The number of rotatable bonds is 2. The summed E-state index contributed by atoms with van der Waals surface area (Å²) < 4.78 is 0. The van der Waals surface area contributed by atoms with Crippen LogP contribution in [0.1, 0.15) is 38.2 Å². The maximum atomic E-state index is 11.1. The van der Waals surface area contributed by atoms with E-state index < -0.39 is 5.97 Å². The van der Waals surface area contributed by atoms with Gasteiger partial charge in [-0.15, -0.1) is 0 Å². The Labute approximate surface area is 120 Å². The van der Waals surface area contributed by atoms with Gasteiger partial charge in [0.05, 0.1) is 5.56 Å². The lowest BCUT2D eigenvalue weighted by Gasteiger charge is -2.19. The van der Waals surface area contributed by atoms with Gasteiger partial charge in [-0.3, -0.25) is 0 Å². The molecule has 0 aliphatic carbocycles. The highest BCUT2D eigenvalue weighted by atomic mass is 16.4. The third kappa shape index (κ3) is 2.22. The number of aromatic carboxylic acids is 1. The standard InChI is InChI=1S/C18H20O2/c1-10-11(2)13(4)17(14(5)12(10)3)15-7-6-8-16(9-15)18(19)20/h6-9H,1-5H3,(H,19,20). The molecule has 0 atom stereocenters. The first kappa shape index (κ1) is 14.3. The molecule has 2 aromatic carbocycles. The van der Waals surface area contributed by atoms with Gasteiger partial charge in [0.1, 0.15) is 0 Å². The molecule has 0 aliphatic heterocycles. The first-order chi connectivity index (χ1) is 9.34. The fourth-order valence-electron chi connectivity index (χ4n) is 2.74. The Bertz CT molecular complexity index is 668. The third-order valence-corrected chi connectivity index (χ3v) is 4.40. The fourth-order valence-corrected chi connectivity index (χ4v) is 2.74. The molecule has 0 radical (unpaired) electrons. The van der Waals surface area contributed by atoms with Crippen LogP contribution in [0.5, 0.6) is 0 Å². The van der Waals surface area contributed by atoms with Gasteiger partial charge in [0.15, 0.2) is 0 Å². The van der Waals surface area contributed by atoms with Crippen LogP contribution in [0, 0.1) is 34.6 Å². The zero-order valence-electron chi connectivity index (χ0n) is 12.7. The van der Waals surface area contributed by atoms with Crippen LogP contribution in [-0.4, -0.2) is 11.1 Å². The van der Waals surface area contributed by atoms with Crippen molar-refractivity contribution in [1.82, 2.24) is 0 Å². The average Bonchev–Trinajstić information content (AvgIpc) is 2.43. The predicted molar refractivity (Wildman–Crippen MR) is 82.5 cm³/mol. The van der Waals surface area contributed by atoms with Crippen LogP contribution >= 0.6 is 0 Å². The minimum Gasteiger partial charge on any atom is -0.478 e. The molecule has 0 aliphatic rings. The van der Waals surface area contributed by atoms with Gasteiger partial charge in [-0.2, -0.15) is 0 Å². The van der Waals surface area contributed by atoms with E-state index >= 15 is 0 Å². The Morgan fingerprint density at radius 2 is 1.35 bits per heavy atom. The molecule has 0 saturated carbocycles. The van der Waals surface area contributed by atoms with Crippen molar-refractivity contribution in [3.8, 4) is 11.1 Å². The summed E-state index contributed by atoms with van der Waals surface area (Å²) in [4.78, 5) is 11.1. The second-order valence-corrected chi connectivity index (χ2v) is 5.39. The molecule has 0 bridgehead atoms. The molecule has 2 aromatic rings. The summed E-state index contributed by atoms with van der Waals surface area (Å²) >= 11 is 0. The molecular weight excluding hydrogens is 248 g/mol. The summed E-state index contributed by atoms with van der Waals surface area (Å²) in [6.45, 7) is 10.6. The summed E-state index contributed by atoms with van der Waals surface area (Å²) in [5, 5.41) is 9.15. The zero-order valence-corrected chi connectivity index (χ0v) is 12.7. The maximum Gasteiger partial charge on any atom is 0.335 e. The van der Waals surface area contributed by atoms with Crippen molar-refractivity contribution in [3.63, 3.8) is 0 Å². The highest BCUT2D eigenvalue weighted by Crippen LogP contribution is 2.34. The number of hydrogen-bond donors (Lipinski definition) is 1. The van der Waals surface area contributed by atoms with Gasteiger partial charge < -0.3 is 5.11 Å². The molecule has 20 heavy (non-hydrogen) atoms. The number of carboxylic acid groups (broad SMARTS) is 1. The van der Waals surface area contributed by atoms with E-state index in [9.17, 15) is 4.79 Å². The second-order valence-electron chi connectivity index (χ2n) is 5.39. The van der Waals surface area contributed by atoms with Crippen molar-refractivity contribution in [2.75, 3.05) is 0 Å². The van der Waals surface area contributed by atoms with Gasteiger partial charge in [0.2, 0.25) is 0 Å². The number of benzene rings is 2. The first-order valence-electron chi connectivity index (χ1n) is 6.75. The van der Waals surface area contributed by atoms with E-state index in [1.54, 1.807) is 12.1 Å². The predicted octanol–water partition coefficient (Wildman–Crippen LogP) is 4.59. The molecule has 0 amide bonds. The molecule has 104 valence electrons. The minimum absolute atomic E-state index is 0.331. The van der Waals surface area contributed by atoms with E-state index in [-0.39, 0.29) is 0 Å². The SMILES string of the molecule is Cc1c(C)c(C)c(-c2cccc(C(=O)O)c2)c(C)c1C. The molecule has 0 unspecified atom stereocenters. The van der Waals surface area contributed by atoms with E-state index in [0.717, 1.165) is 11.1 Å². The first-order valence-corrected chi connectivity index (χ1v) is 6.75. The number of hydrogen-bond acceptors (Lipinski definition) is 1. The van der Waals surface area contributed by atoms with Gasteiger partial charge in [-0.25, -0.2) is 4.79 Å². The van der Waals surface area contributed by atoms with Gasteiger partial charge in [-0.1, -0.05) is 12.1 Å². The molecule has 0 fully saturated rings. The lowest BCUT2D eigenvalue weighted by molar-refractivity contribution is 0.0697. The Morgan fingerprint density at radius 1 is 0.850 bits per heavy atom. The summed E-state index contributed by atoms with van der Waals surface area (Å²) in [5.41, 5.74) is 8.81. The van der Waals surface area contributed by atoms with Crippen molar-refractivity contribution < 1.29 is 9.90 Å². The molecular formula is C18H20O2. The molecule has 0 saturated heterocycles. The summed E-state index contributed by atoms with van der Waals surface area (Å²) in [7, 11) is 0. The largest absolute Gasteiger partial charge is 0.478 e. The van der Waals surface area contributed by atoms with E-state index in [0.29, 0.717) is 5.56 Å². The molecule has 2 heteroatoms. The lowest BCUT2D eigenvalue weighted by atomic mass is 9.86. The van der Waals surface area contributed by atoms with E-state index in [2.05, 4.69) is 34.6 Å². The monoisotopic (exact) mass is 268 g/mol. The molecule has 2 rings (SSSR count). The average molecular weight is 268 g/mol. The molecule has 0 heterocycles. The van der Waals surface area contributed by atoms with E-state index in [1.165, 1.54) is 27.8 Å². The maximum absolute atomic E-state index is 11.1. The van der Waals surface area contributed by atoms with E-state index in [1.807, 2.05) is 12.1 Å². The van der Waals surface area contributed by atoms with Crippen LogP contribution in [0.4, 0.5) is 0 Å². The zero-order chi connectivity index (χ0) is 15.0. The topological polar surface area (TPSA) is 37.3 Å². The summed E-state index contributed by atoms with van der Waals surface area (Å²) in [6.07, 6.45) is 0. The Balaban J connectivity index is 2.76. The Hall–Kier alpha value is -2.09. The smallest absolute Gasteiger partial charge is 0.335 e. The molecule has 2 nitrogen and oxygen atoms in total. The van der Waals surface area contributed by atoms with Crippen LogP contribution in [0.15, 0.2) is 24.3 Å². The van der Waals surface area contributed by atoms with Crippen molar-refractivity contribution >= 4 is 5.97 Å². The van der Waals surface area contributed by atoms with Crippen LogP contribution in [0.3, 0.4) is 0 Å². The third-order valence-electron chi connectivity index (χ3n) is 4.40. The van der Waals surface area contributed by atoms with Crippen LogP contribution in [0.2, 0.25) is 0 Å². The van der Waals surface area contributed by atoms with Crippen LogP contribution < -0.4 is 0 Å². The quantitative estimate of drug-likeness (QED) is 0.864. The van der Waals surface area contributed by atoms with Crippen molar-refractivity contribution in [3.05, 3.63) is 57.6 Å². The summed E-state index contributed by atoms with van der Waals surface area (Å²) in [6, 6.07) is 7.18. The molecule has 0 aromatic heterocycles. The number of carbonyl (C=O) groups is 1.